The van der Waals surface area contributed by atoms with Gasteiger partial charge in [0.25, 0.3) is 5.91 Å². The molecular weight excluding hydrogens is 506 g/mol. The molecule has 1 aromatic heterocycles. The number of carbonyl (C=O) groups excluding carboxylic acids is 2. The Balaban J connectivity index is 1.55. The van der Waals surface area contributed by atoms with Gasteiger partial charge in [0.2, 0.25) is 16.0 Å². The van der Waals surface area contributed by atoms with E-state index in [0.717, 1.165) is 5.56 Å². The van der Waals surface area contributed by atoms with Crippen molar-refractivity contribution in [3.63, 3.8) is 0 Å². The summed E-state index contributed by atoms with van der Waals surface area (Å²) >= 11 is 0. The minimum absolute atomic E-state index is 0.00658. The van der Waals surface area contributed by atoms with E-state index in [0.29, 0.717) is 17.5 Å². The van der Waals surface area contributed by atoms with Crippen LogP contribution in [0.1, 0.15) is 23.1 Å². The number of anilines is 1. The minimum Gasteiger partial charge on any atom is -0.480 e. The van der Waals surface area contributed by atoms with Crippen molar-refractivity contribution in [2.24, 2.45) is 11.1 Å². The number of aryl methyl sites for hydroxylation is 3. The van der Waals surface area contributed by atoms with Gasteiger partial charge >= 0.3 is 12.0 Å². The molecule has 0 radical (unpaired) electrons. The molecule has 0 saturated heterocycles. The number of nitrogens with zero attached hydrogens (tertiary/aromatic N) is 2. The number of nitrogens with one attached hydrogen (secondary N) is 5. The highest BCUT2D eigenvalue weighted by Crippen LogP contribution is 2.22. The van der Waals surface area contributed by atoms with Gasteiger partial charge in [0, 0.05) is 31.4 Å². The number of rotatable bonds is 11. The van der Waals surface area contributed by atoms with Gasteiger partial charge in [0.05, 0.1) is 4.90 Å². The molecule has 3 amide bonds. The molecule has 0 aliphatic carbocycles. The summed E-state index contributed by atoms with van der Waals surface area (Å²) < 4.78 is 28.1. The third kappa shape index (κ3) is 7.27. The van der Waals surface area contributed by atoms with Crippen molar-refractivity contribution in [2.45, 2.75) is 38.1 Å². The number of urea groups is 1. The van der Waals surface area contributed by atoms with Crippen molar-refractivity contribution >= 4 is 39.6 Å². The van der Waals surface area contributed by atoms with Crippen molar-refractivity contribution in [3.8, 4) is 0 Å². The van der Waals surface area contributed by atoms with Gasteiger partial charge in [0.1, 0.15) is 12.6 Å². The van der Waals surface area contributed by atoms with Crippen LogP contribution in [0.15, 0.2) is 34.6 Å². The second-order valence-corrected chi connectivity index (χ2v) is 10.2. The number of carboxylic acids is 1. The molecule has 37 heavy (non-hydrogen) atoms. The maximum Gasteiger partial charge on any atom is 0.323 e. The van der Waals surface area contributed by atoms with Crippen LogP contribution in [0.2, 0.25) is 0 Å². The summed E-state index contributed by atoms with van der Waals surface area (Å²) in [5.74, 6) is -2.34. The molecular formula is C22H29N7O7S. The van der Waals surface area contributed by atoms with Crippen LogP contribution < -0.4 is 20.7 Å². The number of sulfonamides is 1. The van der Waals surface area contributed by atoms with E-state index in [1.165, 1.54) is 6.20 Å². The Kier molecular flexibility index (Phi) is 8.83. The molecule has 6 N–H and O–H groups in total. The Morgan fingerprint density at radius 2 is 1.89 bits per heavy atom. The number of amides is 3. The van der Waals surface area contributed by atoms with Crippen molar-refractivity contribution < 1.29 is 32.7 Å². The lowest BCUT2D eigenvalue weighted by molar-refractivity contribution is -0.138. The number of imidazole rings is 1. The van der Waals surface area contributed by atoms with Gasteiger partial charge in [-0.2, -0.15) is 4.72 Å². The molecule has 2 heterocycles. The highest BCUT2D eigenvalue weighted by molar-refractivity contribution is 7.89. The number of aromatic nitrogens is 2. The van der Waals surface area contributed by atoms with E-state index in [-0.39, 0.29) is 29.7 Å². The summed E-state index contributed by atoms with van der Waals surface area (Å²) in [5.41, 5.74) is 1.85. The quantitative estimate of drug-likeness (QED) is 0.237. The predicted octanol–water partition coefficient (Wildman–Crippen LogP) is 0.397. The first-order valence-corrected chi connectivity index (χ1v) is 12.8. The first-order chi connectivity index (χ1) is 17.5. The first-order valence-electron chi connectivity index (χ1n) is 11.3. The fourth-order valence-electron chi connectivity index (χ4n) is 3.94. The van der Waals surface area contributed by atoms with E-state index >= 15 is 0 Å². The topological polar surface area (TPSA) is 204 Å². The summed E-state index contributed by atoms with van der Waals surface area (Å²) in [4.78, 5) is 47.9. The van der Waals surface area contributed by atoms with E-state index in [1.807, 2.05) is 6.92 Å². The molecule has 0 bridgehead atoms. The van der Waals surface area contributed by atoms with Crippen LogP contribution >= 0.6 is 0 Å². The Bertz CT molecular complexity index is 1270. The van der Waals surface area contributed by atoms with E-state index < -0.39 is 46.4 Å². The number of aliphatic carboxylic acids is 1. The molecule has 1 aliphatic heterocycles. The zero-order valence-electron chi connectivity index (χ0n) is 20.5. The van der Waals surface area contributed by atoms with Crippen LogP contribution in [0.25, 0.3) is 0 Å². The molecule has 0 spiro atoms. The van der Waals surface area contributed by atoms with Gasteiger partial charge in [-0.15, -0.1) is 0 Å². The second-order valence-electron chi connectivity index (χ2n) is 8.53. The largest absolute Gasteiger partial charge is 0.480 e. The zero-order chi connectivity index (χ0) is 27.2. The van der Waals surface area contributed by atoms with E-state index in [1.54, 1.807) is 32.2 Å². The smallest absolute Gasteiger partial charge is 0.323 e. The lowest BCUT2D eigenvalue weighted by Crippen LogP contribution is -2.50. The fourth-order valence-corrected chi connectivity index (χ4v) is 5.59. The lowest BCUT2D eigenvalue weighted by Gasteiger charge is -2.18. The summed E-state index contributed by atoms with van der Waals surface area (Å²) in [7, 11) is -4.19. The Hall–Kier alpha value is -3.98. The maximum atomic E-state index is 12.9. The average Bonchev–Trinajstić information content (AvgIpc) is 3.47. The molecule has 2 atom stereocenters. The molecule has 0 fully saturated rings. The standard InChI is InChI=1S/C22H29N7O7S/c1-12-8-13(2)18(14(3)9-12)37(34,35)29-16(20(31)32)10-26-19(30)17-15(11-36-28-17)4-5-25-22(33)27-21-23-6-7-24-21/h6-9,15-16,29H,4-5,10-11H2,1-3H3,(H,26,30)(H,31,32)(H3,23,24,25,27,33)/t15?,16-/m0/s1. The van der Waals surface area contributed by atoms with Crippen LogP contribution in [-0.4, -0.2) is 72.8 Å². The molecule has 14 nitrogen and oxygen atoms in total. The van der Waals surface area contributed by atoms with Crippen molar-refractivity contribution in [1.82, 2.24) is 25.3 Å². The number of carbonyl (C=O) groups is 3. The van der Waals surface area contributed by atoms with Crippen LogP contribution in [-0.2, 0) is 24.4 Å². The highest BCUT2D eigenvalue weighted by Gasteiger charge is 2.32. The van der Waals surface area contributed by atoms with Gasteiger partial charge in [-0.3, -0.25) is 14.9 Å². The number of carboxylic acid groups (broad SMARTS) is 1. The van der Waals surface area contributed by atoms with Crippen LogP contribution in [0.3, 0.4) is 0 Å². The molecule has 1 aromatic carbocycles. The van der Waals surface area contributed by atoms with Crippen molar-refractivity contribution in [2.75, 3.05) is 25.0 Å². The number of hydrogen-bond acceptors (Lipinski definition) is 8. The molecule has 1 unspecified atom stereocenters. The zero-order valence-corrected chi connectivity index (χ0v) is 21.3. The van der Waals surface area contributed by atoms with Crippen LogP contribution in [0.5, 0.6) is 0 Å². The molecule has 15 heteroatoms. The SMILES string of the molecule is Cc1cc(C)c(S(=O)(=O)N[C@@H](CNC(=O)C2=NOCC2CCNC(=O)Nc2ncc[nH]2)C(=O)O)c(C)c1. The van der Waals surface area contributed by atoms with Gasteiger partial charge in [-0.25, -0.2) is 18.2 Å². The first kappa shape index (κ1) is 27.6. The number of hydrogen-bond donors (Lipinski definition) is 6. The normalized spacial score (nSPS) is 15.9. The summed E-state index contributed by atoms with van der Waals surface area (Å²) in [6.07, 6.45) is 3.35. The van der Waals surface area contributed by atoms with Crippen LogP contribution in [0, 0.1) is 26.7 Å². The third-order valence-corrected chi connectivity index (χ3v) is 7.28. The van der Waals surface area contributed by atoms with Gasteiger partial charge in [-0.05, 0) is 38.3 Å². The highest BCUT2D eigenvalue weighted by atomic mass is 32.2. The Labute approximate surface area is 213 Å². The lowest BCUT2D eigenvalue weighted by atomic mass is 10.0. The van der Waals surface area contributed by atoms with Crippen molar-refractivity contribution in [1.29, 1.82) is 0 Å². The molecule has 2 aromatic rings. The summed E-state index contributed by atoms with van der Waals surface area (Å²) in [5, 5.41) is 20.8. The fraction of sp³-hybridized carbons (Fsp3) is 0.409. The van der Waals surface area contributed by atoms with Gasteiger partial charge in [0.15, 0.2) is 5.71 Å². The van der Waals surface area contributed by atoms with Gasteiger partial charge in [-0.1, -0.05) is 22.9 Å². The van der Waals surface area contributed by atoms with Gasteiger partial charge < -0.3 is 25.6 Å². The summed E-state index contributed by atoms with van der Waals surface area (Å²) in [6, 6.07) is 1.26. The molecule has 1 aliphatic rings. The van der Waals surface area contributed by atoms with Crippen molar-refractivity contribution in [3.05, 3.63) is 41.2 Å². The number of aromatic amines is 1. The number of benzene rings is 1. The number of oxime groups is 1. The number of H-pyrrole nitrogens is 1. The monoisotopic (exact) mass is 535 g/mol. The van der Waals surface area contributed by atoms with E-state index in [9.17, 15) is 27.9 Å². The third-order valence-electron chi connectivity index (χ3n) is 5.50. The Morgan fingerprint density at radius 3 is 2.51 bits per heavy atom. The molecule has 0 saturated carbocycles. The molecule has 200 valence electrons. The minimum atomic E-state index is -4.19. The van der Waals surface area contributed by atoms with E-state index in [2.05, 4.69) is 35.8 Å². The van der Waals surface area contributed by atoms with Crippen LogP contribution in [0.4, 0.5) is 10.7 Å². The maximum absolute atomic E-state index is 12.9. The summed E-state index contributed by atoms with van der Waals surface area (Å²) in [6.45, 7) is 4.85. The molecule has 3 rings (SSSR count). The second kappa shape index (κ2) is 11.8. The Morgan fingerprint density at radius 1 is 1.19 bits per heavy atom. The predicted molar refractivity (Wildman–Crippen MR) is 133 cm³/mol. The van der Waals surface area contributed by atoms with E-state index in [4.69, 9.17) is 4.84 Å². The average molecular weight is 536 g/mol.